The summed E-state index contributed by atoms with van der Waals surface area (Å²) in [5, 5.41) is 2.52. The van der Waals surface area contributed by atoms with Gasteiger partial charge in [-0.25, -0.2) is 4.98 Å². The van der Waals surface area contributed by atoms with Crippen LogP contribution in [0.3, 0.4) is 0 Å². The van der Waals surface area contributed by atoms with E-state index in [9.17, 15) is 9.18 Å². The van der Waals surface area contributed by atoms with Crippen LogP contribution in [0, 0.1) is 11.9 Å². The van der Waals surface area contributed by atoms with Crippen molar-refractivity contribution in [2.45, 2.75) is 20.3 Å². The molecule has 0 radical (unpaired) electrons. The van der Waals surface area contributed by atoms with Crippen molar-refractivity contribution in [2.24, 2.45) is 5.92 Å². The lowest BCUT2D eigenvalue weighted by Gasteiger charge is -2.05. The number of carbonyl (C=O) groups is 1. The largest absolute Gasteiger partial charge is 0.311 e. The van der Waals surface area contributed by atoms with Crippen LogP contribution < -0.4 is 5.32 Å². The third-order valence-electron chi connectivity index (χ3n) is 1.58. The Kier molecular flexibility index (Phi) is 3.56. The highest BCUT2D eigenvalue weighted by atomic mass is 19.1. The fraction of sp³-hybridized carbons (Fsp3) is 0.400. The zero-order valence-electron chi connectivity index (χ0n) is 8.25. The number of anilines is 1. The van der Waals surface area contributed by atoms with Gasteiger partial charge in [-0.15, -0.1) is 0 Å². The average molecular weight is 196 g/mol. The van der Waals surface area contributed by atoms with E-state index in [1.165, 1.54) is 12.1 Å². The molecule has 1 amide bonds. The molecule has 0 saturated carbocycles. The molecule has 1 aromatic heterocycles. The third kappa shape index (κ3) is 3.51. The topological polar surface area (TPSA) is 42.0 Å². The molecule has 3 nitrogen and oxygen atoms in total. The van der Waals surface area contributed by atoms with Gasteiger partial charge in [0.05, 0.1) is 0 Å². The van der Waals surface area contributed by atoms with E-state index in [0.29, 0.717) is 6.42 Å². The zero-order valence-corrected chi connectivity index (χ0v) is 8.25. The lowest BCUT2D eigenvalue weighted by Crippen LogP contribution is -2.14. The molecule has 0 aromatic carbocycles. The van der Waals surface area contributed by atoms with Gasteiger partial charge in [0.15, 0.2) is 0 Å². The van der Waals surface area contributed by atoms with E-state index < -0.39 is 5.95 Å². The molecular weight excluding hydrogens is 183 g/mol. The molecule has 0 bridgehead atoms. The van der Waals surface area contributed by atoms with Crippen LogP contribution in [0.1, 0.15) is 20.3 Å². The van der Waals surface area contributed by atoms with Crippen molar-refractivity contribution >= 4 is 11.7 Å². The molecule has 4 heteroatoms. The van der Waals surface area contributed by atoms with Crippen LogP contribution in [0.5, 0.6) is 0 Å². The number of pyridine rings is 1. The second-order valence-corrected chi connectivity index (χ2v) is 3.49. The minimum absolute atomic E-state index is 0.141. The Morgan fingerprint density at radius 1 is 1.57 bits per heavy atom. The summed E-state index contributed by atoms with van der Waals surface area (Å²) < 4.78 is 12.6. The number of hydrogen-bond donors (Lipinski definition) is 1. The minimum atomic E-state index is -0.590. The van der Waals surface area contributed by atoms with E-state index in [1.807, 2.05) is 13.8 Å². The summed E-state index contributed by atoms with van der Waals surface area (Å²) in [5.41, 5.74) is 0. The smallest absolute Gasteiger partial charge is 0.225 e. The number of aromatic nitrogens is 1. The first kappa shape index (κ1) is 10.6. The lowest BCUT2D eigenvalue weighted by molar-refractivity contribution is -0.116. The molecule has 0 saturated heterocycles. The summed E-state index contributed by atoms with van der Waals surface area (Å²) in [6, 6.07) is 4.30. The van der Waals surface area contributed by atoms with Crippen molar-refractivity contribution in [1.29, 1.82) is 0 Å². The number of carbonyl (C=O) groups excluding carboxylic acids is 1. The number of hydrogen-bond acceptors (Lipinski definition) is 2. The summed E-state index contributed by atoms with van der Waals surface area (Å²) in [4.78, 5) is 14.8. The molecule has 0 fully saturated rings. The van der Waals surface area contributed by atoms with Crippen LogP contribution in [0.4, 0.5) is 10.2 Å². The maximum absolute atomic E-state index is 12.6. The van der Waals surface area contributed by atoms with Crippen molar-refractivity contribution in [3.05, 3.63) is 24.1 Å². The molecule has 0 aliphatic rings. The molecule has 1 N–H and O–H groups in total. The standard InChI is InChI=1S/C10H13FN2O/c1-7(2)6-10(14)13-9-5-3-4-8(11)12-9/h3-5,7H,6H2,1-2H3,(H,12,13,14). The van der Waals surface area contributed by atoms with Crippen molar-refractivity contribution in [3.63, 3.8) is 0 Å². The Bertz CT molecular complexity index is 326. The van der Waals surface area contributed by atoms with Crippen LogP contribution >= 0.6 is 0 Å². The fourth-order valence-corrected chi connectivity index (χ4v) is 1.04. The van der Waals surface area contributed by atoms with Gasteiger partial charge in [-0.05, 0) is 18.1 Å². The van der Waals surface area contributed by atoms with Crippen LogP contribution in [0.2, 0.25) is 0 Å². The Morgan fingerprint density at radius 2 is 2.29 bits per heavy atom. The number of amides is 1. The Morgan fingerprint density at radius 3 is 2.86 bits per heavy atom. The maximum Gasteiger partial charge on any atom is 0.225 e. The van der Waals surface area contributed by atoms with E-state index in [2.05, 4.69) is 10.3 Å². The van der Waals surface area contributed by atoms with Gasteiger partial charge in [-0.3, -0.25) is 4.79 Å². The molecule has 76 valence electrons. The quantitative estimate of drug-likeness (QED) is 0.753. The second-order valence-electron chi connectivity index (χ2n) is 3.49. The van der Waals surface area contributed by atoms with Crippen LogP contribution in [0.25, 0.3) is 0 Å². The highest BCUT2D eigenvalue weighted by molar-refractivity contribution is 5.89. The van der Waals surface area contributed by atoms with Crippen LogP contribution in [-0.4, -0.2) is 10.9 Å². The zero-order chi connectivity index (χ0) is 10.6. The number of nitrogens with one attached hydrogen (secondary N) is 1. The monoisotopic (exact) mass is 196 g/mol. The number of halogens is 1. The second kappa shape index (κ2) is 4.69. The first-order valence-corrected chi connectivity index (χ1v) is 4.50. The summed E-state index contributed by atoms with van der Waals surface area (Å²) in [6.07, 6.45) is 0.415. The molecule has 1 rings (SSSR count). The van der Waals surface area contributed by atoms with E-state index in [4.69, 9.17) is 0 Å². The molecule has 0 atom stereocenters. The Labute approximate surface area is 82.4 Å². The van der Waals surface area contributed by atoms with Crippen molar-refractivity contribution in [1.82, 2.24) is 4.98 Å². The van der Waals surface area contributed by atoms with Crippen molar-refractivity contribution in [2.75, 3.05) is 5.32 Å². The fourth-order valence-electron chi connectivity index (χ4n) is 1.04. The summed E-state index contributed by atoms with van der Waals surface area (Å²) >= 11 is 0. The van der Waals surface area contributed by atoms with Gasteiger partial charge in [0.1, 0.15) is 5.82 Å². The van der Waals surface area contributed by atoms with Crippen LogP contribution in [0.15, 0.2) is 18.2 Å². The van der Waals surface area contributed by atoms with Gasteiger partial charge in [-0.1, -0.05) is 19.9 Å². The van der Waals surface area contributed by atoms with Crippen molar-refractivity contribution in [3.8, 4) is 0 Å². The van der Waals surface area contributed by atoms with E-state index in [1.54, 1.807) is 6.07 Å². The molecule has 0 aliphatic carbocycles. The van der Waals surface area contributed by atoms with Crippen LogP contribution in [-0.2, 0) is 4.79 Å². The van der Waals surface area contributed by atoms with E-state index >= 15 is 0 Å². The molecule has 0 aliphatic heterocycles. The van der Waals surface area contributed by atoms with Gasteiger partial charge in [-0.2, -0.15) is 4.39 Å². The molecule has 1 heterocycles. The predicted octanol–water partition coefficient (Wildman–Crippen LogP) is 2.21. The van der Waals surface area contributed by atoms with Gasteiger partial charge in [0.25, 0.3) is 0 Å². The maximum atomic E-state index is 12.6. The highest BCUT2D eigenvalue weighted by Gasteiger charge is 2.05. The average Bonchev–Trinajstić information content (AvgIpc) is 2.01. The molecule has 14 heavy (non-hydrogen) atoms. The Balaban J connectivity index is 2.56. The van der Waals surface area contributed by atoms with Gasteiger partial charge >= 0.3 is 0 Å². The lowest BCUT2D eigenvalue weighted by atomic mass is 10.1. The first-order chi connectivity index (χ1) is 6.58. The molecule has 0 unspecified atom stereocenters. The first-order valence-electron chi connectivity index (χ1n) is 4.50. The van der Waals surface area contributed by atoms with Gasteiger partial charge < -0.3 is 5.32 Å². The SMILES string of the molecule is CC(C)CC(=O)Nc1cccc(F)n1. The summed E-state index contributed by atoms with van der Waals surface area (Å²) in [7, 11) is 0. The minimum Gasteiger partial charge on any atom is -0.311 e. The van der Waals surface area contributed by atoms with Gasteiger partial charge in [0.2, 0.25) is 11.9 Å². The Hall–Kier alpha value is -1.45. The molecular formula is C10H13FN2O. The van der Waals surface area contributed by atoms with E-state index in [0.717, 1.165) is 0 Å². The number of nitrogens with zero attached hydrogens (tertiary/aromatic N) is 1. The predicted molar refractivity (Wildman–Crippen MR) is 52.3 cm³/mol. The number of rotatable bonds is 3. The molecule has 1 aromatic rings. The molecule has 0 spiro atoms. The summed E-state index contributed by atoms with van der Waals surface area (Å²) in [5.74, 6) is -0.190. The van der Waals surface area contributed by atoms with Gasteiger partial charge in [0, 0.05) is 6.42 Å². The highest BCUT2D eigenvalue weighted by Crippen LogP contribution is 2.06. The third-order valence-corrected chi connectivity index (χ3v) is 1.58. The van der Waals surface area contributed by atoms with Crippen molar-refractivity contribution < 1.29 is 9.18 Å². The van der Waals surface area contributed by atoms with E-state index in [-0.39, 0.29) is 17.6 Å². The summed E-state index contributed by atoms with van der Waals surface area (Å²) in [6.45, 7) is 3.89. The normalized spacial score (nSPS) is 10.3.